The molecule has 1 aliphatic rings. The normalized spacial score (nSPS) is 16.8. The highest BCUT2D eigenvalue weighted by atomic mass is 32.2. The molecule has 1 heterocycles. The van der Waals surface area contributed by atoms with Crippen molar-refractivity contribution in [3.8, 4) is 0 Å². The van der Waals surface area contributed by atoms with Gasteiger partial charge in [-0.3, -0.25) is 4.79 Å². The van der Waals surface area contributed by atoms with Crippen molar-refractivity contribution in [3.05, 3.63) is 35.4 Å². The average Bonchev–Trinajstić information content (AvgIpc) is 2.34. The average molecular weight is 270 g/mol. The van der Waals surface area contributed by atoms with E-state index in [9.17, 15) is 13.6 Å². The van der Waals surface area contributed by atoms with Gasteiger partial charge in [0, 0.05) is 18.9 Å². The van der Waals surface area contributed by atoms with Crippen molar-refractivity contribution in [2.75, 3.05) is 11.5 Å². The Bertz CT molecular complexity index is 428. The largest absolute Gasteiger partial charge is 0.299 e. The monoisotopic (exact) mass is 270 g/mol. The SMILES string of the molecule is O=C(Cc1ccc(F)cc1F)CC1CCSCC1. The first-order valence-corrected chi connectivity index (χ1v) is 7.34. The van der Waals surface area contributed by atoms with Crippen LogP contribution in [0.25, 0.3) is 0 Å². The van der Waals surface area contributed by atoms with E-state index in [0.29, 0.717) is 17.9 Å². The maximum absolute atomic E-state index is 13.4. The first-order chi connectivity index (χ1) is 8.65. The van der Waals surface area contributed by atoms with Gasteiger partial charge in [0.15, 0.2) is 0 Å². The van der Waals surface area contributed by atoms with Crippen LogP contribution in [0.5, 0.6) is 0 Å². The van der Waals surface area contributed by atoms with Crippen LogP contribution in [0.1, 0.15) is 24.8 Å². The summed E-state index contributed by atoms with van der Waals surface area (Å²) in [5, 5.41) is 0. The first-order valence-electron chi connectivity index (χ1n) is 6.18. The first kappa shape index (κ1) is 13.5. The lowest BCUT2D eigenvalue weighted by Gasteiger charge is -2.20. The number of rotatable bonds is 4. The van der Waals surface area contributed by atoms with Crippen LogP contribution in [0.4, 0.5) is 8.78 Å². The molecule has 0 unspecified atom stereocenters. The number of carbonyl (C=O) groups is 1. The topological polar surface area (TPSA) is 17.1 Å². The lowest BCUT2D eigenvalue weighted by molar-refractivity contribution is -0.119. The summed E-state index contributed by atoms with van der Waals surface area (Å²) in [7, 11) is 0. The van der Waals surface area contributed by atoms with Gasteiger partial charge < -0.3 is 0 Å². The second-order valence-corrected chi connectivity index (χ2v) is 5.94. The second kappa shape index (κ2) is 6.32. The molecule has 1 nitrogen and oxygen atoms in total. The van der Waals surface area contributed by atoms with E-state index in [1.54, 1.807) is 0 Å². The van der Waals surface area contributed by atoms with Crippen molar-refractivity contribution >= 4 is 17.5 Å². The quantitative estimate of drug-likeness (QED) is 0.831. The number of halogens is 2. The molecule has 0 atom stereocenters. The molecular formula is C14H16F2OS. The minimum Gasteiger partial charge on any atom is -0.299 e. The minimum absolute atomic E-state index is 0.0532. The van der Waals surface area contributed by atoms with Crippen LogP contribution in [0.3, 0.4) is 0 Å². The number of hydrogen-bond acceptors (Lipinski definition) is 2. The number of hydrogen-bond donors (Lipinski definition) is 0. The van der Waals surface area contributed by atoms with Gasteiger partial charge >= 0.3 is 0 Å². The number of Topliss-reactive ketones (excluding diaryl/α,β-unsaturated/α-hetero) is 1. The molecule has 2 rings (SSSR count). The third-order valence-corrected chi connectivity index (χ3v) is 4.31. The fourth-order valence-corrected chi connectivity index (χ4v) is 3.43. The van der Waals surface area contributed by atoms with E-state index in [-0.39, 0.29) is 12.2 Å². The Balaban J connectivity index is 1.90. The molecule has 4 heteroatoms. The molecule has 18 heavy (non-hydrogen) atoms. The maximum Gasteiger partial charge on any atom is 0.137 e. The van der Waals surface area contributed by atoms with Gasteiger partial charge in [-0.05, 0) is 41.9 Å². The van der Waals surface area contributed by atoms with Gasteiger partial charge in [-0.2, -0.15) is 11.8 Å². The van der Waals surface area contributed by atoms with Gasteiger partial charge in [0.05, 0.1) is 0 Å². The van der Waals surface area contributed by atoms with Gasteiger partial charge in [0.1, 0.15) is 17.4 Å². The molecular weight excluding hydrogens is 254 g/mol. The zero-order valence-corrected chi connectivity index (χ0v) is 10.9. The third kappa shape index (κ3) is 3.80. The molecule has 0 N–H and O–H groups in total. The number of ketones is 1. The zero-order valence-electron chi connectivity index (χ0n) is 10.1. The van der Waals surface area contributed by atoms with E-state index in [2.05, 4.69) is 0 Å². The van der Waals surface area contributed by atoms with Gasteiger partial charge in [0.25, 0.3) is 0 Å². The molecule has 0 aromatic heterocycles. The van der Waals surface area contributed by atoms with Crippen LogP contribution in [0.2, 0.25) is 0 Å². The molecule has 1 aliphatic heterocycles. The van der Waals surface area contributed by atoms with Crippen LogP contribution < -0.4 is 0 Å². The Kier molecular flexibility index (Phi) is 4.75. The Morgan fingerprint density at radius 2 is 2.00 bits per heavy atom. The molecule has 0 bridgehead atoms. The zero-order chi connectivity index (χ0) is 13.0. The molecule has 0 spiro atoms. The summed E-state index contributed by atoms with van der Waals surface area (Å²) in [4.78, 5) is 11.9. The summed E-state index contributed by atoms with van der Waals surface area (Å²) in [6, 6.07) is 3.39. The summed E-state index contributed by atoms with van der Waals surface area (Å²) in [6.45, 7) is 0. The molecule has 0 amide bonds. The minimum atomic E-state index is -0.623. The fourth-order valence-electron chi connectivity index (χ4n) is 2.22. The molecule has 0 aliphatic carbocycles. The van der Waals surface area contributed by atoms with Crippen LogP contribution >= 0.6 is 11.8 Å². The molecule has 98 valence electrons. The van der Waals surface area contributed by atoms with Gasteiger partial charge in [-0.1, -0.05) is 6.07 Å². The fraction of sp³-hybridized carbons (Fsp3) is 0.500. The van der Waals surface area contributed by atoms with Gasteiger partial charge in [-0.25, -0.2) is 8.78 Å². The van der Waals surface area contributed by atoms with Crippen molar-refractivity contribution < 1.29 is 13.6 Å². The summed E-state index contributed by atoms with van der Waals surface area (Å²) in [6.07, 6.45) is 2.75. The van der Waals surface area contributed by atoms with Crippen LogP contribution in [-0.2, 0) is 11.2 Å². The Morgan fingerprint density at radius 1 is 1.28 bits per heavy atom. The molecule has 1 saturated heterocycles. The highest BCUT2D eigenvalue weighted by molar-refractivity contribution is 7.99. The Labute approximate surface area is 110 Å². The van der Waals surface area contributed by atoms with Gasteiger partial charge in [-0.15, -0.1) is 0 Å². The van der Waals surface area contributed by atoms with E-state index in [1.807, 2.05) is 11.8 Å². The van der Waals surface area contributed by atoms with E-state index in [0.717, 1.165) is 30.4 Å². The van der Waals surface area contributed by atoms with Gasteiger partial charge in [0.2, 0.25) is 0 Å². The van der Waals surface area contributed by atoms with Crippen molar-refractivity contribution in [2.24, 2.45) is 5.92 Å². The number of thioether (sulfide) groups is 1. The van der Waals surface area contributed by atoms with E-state index < -0.39 is 11.6 Å². The summed E-state index contributed by atoms with van der Waals surface area (Å²) < 4.78 is 26.1. The third-order valence-electron chi connectivity index (χ3n) is 3.26. The second-order valence-electron chi connectivity index (χ2n) is 4.71. The van der Waals surface area contributed by atoms with Crippen LogP contribution in [-0.4, -0.2) is 17.3 Å². The lowest BCUT2D eigenvalue weighted by atomic mass is 9.94. The number of benzene rings is 1. The lowest BCUT2D eigenvalue weighted by Crippen LogP contribution is -2.16. The number of carbonyl (C=O) groups excluding carboxylic acids is 1. The van der Waals surface area contributed by atoms with Crippen LogP contribution in [0, 0.1) is 17.6 Å². The molecule has 1 fully saturated rings. The maximum atomic E-state index is 13.4. The summed E-state index contributed by atoms with van der Waals surface area (Å²) in [5.74, 6) is 1.50. The summed E-state index contributed by atoms with van der Waals surface area (Å²) >= 11 is 1.92. The predicted octanol–water partition coefficient (Wildman–Crippen LogP) is 3.61. The van der Waals surface area contributed by atoms with E-state index >= 15 is 0 Å². The molecule has 0 radical (unpaired) electrons. The molecule has 0 saturated carbocycles. The van der Waals surface area contributed by atoms with Crippen molar-refractivity contribution in [3.63, 3.8) is 0 Å². The predicted molar refractivity (Wildman–Crippen MR) is 69.7 cm³/mol. The standard InChI is InChI=1S/C14H16F2OS/c15-12-2-1-11(14(16)9-12)8-13(17)7-10-3-5-18-6-4-10/h1-2,9-10H,3-8H2. The molecule has 1 aromatic rings. The molecule has 1 aromatic carbocycles. The highest BCUT2D eigenvalue weighted by Gasteiger charge is 2.18. The van der Waals surface area contributed by atoms with E-state index in [1.165, 1.54) is 12.1 Å². The Hall–Kier alpha value is -0.900. The van der Waals surface area contributed by atoms with Crippen LogP contribution in [0.15, 0.2) is 18.2 Å². The van der Waals surface area contributed by atoms with Crippen molar-refractivity contribution in [1.29, 1.82) is 0 Å². The highest BCUT2D eigenvalue weighted by Crippen LogP contribution is 2.26. The van der Waals surface area contributed by atoms with Crippen molar-refractivity contribution in [2.45, 2.75) is 25.7 Å². The van der Waals surface area contributed by atoms with E-state index in [4.69, 9.17) is 0 Å². The smallest absolute Gasteiger partial charge is 0.137 e. The Morgan fingerprint density at radius 3 is 2.67 bits per heavy atom. The van der Waals surface area contributed by atoms with Crippen molar-refractivity contribution in [1.82, 2.24) is 0 Å². The summed E-state index contributed by atoms with van der Waals surface area (Å²) in [5.41, 5.74) is 0.298.